The highest BCUT2D eigenvalue weighted by Gasteiger charge is 2.12. The van der Waals surface area contributed by atoms with Gasteiger partial charge in [0.2, 0.25) is 0 Å². The normalized spacial score (nSPS) is 11.5. The summed E-state index contributed by atoms with van der Waals surface area (Å²) in [6.45, 7) is 2.15. The monoisotopic (exact) mass is 325 g/mol. The minimum Gasteiger partial charge on any atom is -0.421 e. The summed E-state index contributed by atoms with van der Waals surface area (Å²) in [5, 5.41) is 19.2. The van der Waals surface area contributed by atoms with Crippen LogP contribution in [0.25, 0.3) is 11.0 Å². The van der Waals surface area contributed by atoms with E-state index in [4.69, 9.17) is 26.2 Å². The van der Waals surface area contributed by atoms with Crippen LogP contribution >= 0.6 is 11.6 Å². The second-order valence-corrected chi connectivity index (χ2v) is 5.54. The Morgan fingerprint density at radius 1 is 1.14 bits per heavy atom. The van der Waals surface area contributed by atoms with Crippen LogP contribution in [0.4, 0.5) is 0 Å². The van der Waals surface area contributed by atoms with Gasteiger partial charge in [-0.25, -0.2) is 4.79 Å². The lowest BCUT2D eigenvalue weighted by Gasteiger charge is -2.22. The predicted molar refractivity (Wildman–Crippen MR) is 86.2 cm³/mol. The third-order valence-electron chi connectivity index (χ3n) is 3.47. The van der Waals surface area contributed by atoms with Gasteiger partial charge in [-0.15, -0.1) is 0 Å². The van der Waals surface area contributed by atoms with E-state index in [-0.39, 0.29) is 13.2 Å². The van der Waals surface area contributed by atoms with Crippen molar-refractivity contribution in [3.63, 3.8) is 0 Å². The molecule has 6 heteroatoms. The van der Waals surface area contributed by atoms with Crippen LogP contribution in [0.3, 0.4) is 0 Å². The van der Waals surface area contributed by atoms with E-state index in [0.29, 0.717) is 43.1 Å². The molecule has 0 aliphatic carbocycles. The molecule has 2 rings (SSSR count). The molecule has 2 aromatic rings. The first-order valence-electron chi connectivity index (χ1n) is 7.31. The van der Waals surface area contributed by atoms with Gasteiger partial charge in [0.15, 0.2) is 5.58 Å². The summed E-state index contributed by atoms with van der Waals surface area (Å²) in [5.41, 5.74) is 0.806. The Kier molecular flexibility index (Phi) is 6.39. The Hall–Kier alpha value is -1.40. The summed E-state index contributed by atoms with van der Waals surface area (Å²) >= 11 is 6.09. The molecule has 22 heavy (non-hydrogen) atoms. The van der Waals surface area contributed by atoms with Crippen LogP contribution in [0.15, 0.2) is 33.5 Å². The van der Waals surface area contributed by atoms with Gasteiger partial charge in [-0.1, -0.05) is 23.7 Å². The first kappa shape index (κ1) is 17.0. The summed E-state index contributed by atoms with van der Waals surface area (Å²) in [5.74, 6) is 0. The summed E-state index contributed by atoms with van der Waals surface area (Å²) in [6.07, 6.45) is 1.29. The molecular formula is C16H20ClNO4. The van der Waals surface area contributed by atoms with Crippen LogP contribution in [0.5, 0.6) is 0 Å². The van der Waals surface area contributed by atoms with Crippen molar-refractivity contribution in [2.75, 3.05) is 26.3 Å². The molecule has 1 aromatic carbocycles. The number of fused-ring (bicyclic) bond motifs is 1. The van der Waals surface area contributed by atoms with E-state index in [1.807, 2.05) is 12.1 Å². The first-order valence-corrected chi connectivity index (χ1v) is 7.69. The number of nitrogens with zero attached hydrogens (tertiary/aromatic N) is 1. The minimum absolute atomic E-state index is 0.110. The average molecular weight is 326 g/mol. The molecule has 2 N–H and O–H groups in total. The fourth-order valence-electron chi connectivity index (χ4n) is 2.45. The fourth-order valence-corrected chi connectivity index (χ4v) is 2.66. The molecule has 0 radical (unpaired) electrons. The van der Waals surface area contributed by atoms with Crippen LogP contribution < -0.4 is 5.63 Å². The lowest BCUT2D eigenvalue weighted by Crippen LogP contribution is -2.27. The number of halogens is 1. The van der Waals surface area contributed by atoms with Crippen molar-refractivity contribution in [3.05, 3.63) is 45.3 Å². The summed E-state index contributed by atoms with van der Waals surface area (Å²) in [6, 6.07) is 6.85. The van der Waals surface area contributed by atoms with Crippen LogP contribution in [-0.2, 0) is 6.54 Å². The van der Waals surface area contributed by atoms with Crippen molar-refractivity contribution < 1.29 is 14.6 Å². The lowest BCUT2D eigenvalue weighted by atomic mass is 10.1. The maximum atomic E-state index is 11.7. The molecule has 1 aromatic heterocycles. The maximum absolute atomic E-state index is 11.7. The molecule has 5 nitrogen and oxygen atoms in total. The van der Waals surface area contributed by atoms with Gasteiger partial charge in [0.05, 0.1) is 5.02 Å². The maximum Gasteiger partial charge on any atom is 0.336 e. The molecule has 0 saturated heterocycles. The molecule has 0 unspecified atom stereocenters. The van der Waals surface area contributed by atoms with Gasteiger partial charge in [-0.2, -0.15) is 0 Å². The van der Waals surface area contributed by atoms with Gasteiger partial charge in [0, 0.05) is 44.3 Å². The van der Waals surface area contributed by atoms with Crippen molar-refractivity contribution in [1.29, 1.82) is 0 Å². The van der Waals surface area contributed by atoms with E-state index in [2.05, 4.69) is 4.90 Å². The second kappa shape index (κ2) is 8.29. The average Bonchev–Trinajstić information content (AvgIpc) is 2.51. The standard InChI is InChI=1S/C16H20ClNO4/c17-14-5-1-4-13-12(10-15(21)22-16(13)14)11-18(6-2-8-19)7-3-9-20/h1,4-5,10,19-20H,2-3,6-9,11H2. The third kappa shape index (κ3) is 4.30. The highest BCUT2D eigenvalue weighted by atomic mass is 35.5. The smallest absolute Gasteiger partial charge is 0.336 e. The number of para-hydroxylation sites is 1. The van der Waals surface area contributed by atoms with Crippen molar-refractivity contribution in [3.8, 4) is 0 Å². The number of hydrogen-bond acceptors (Lipinski definition) is 5. The number of rotatable bonds is 8. The Bertz CT molecular complexity index is 663. The Morgan fingerprint density at radius 2 is 1.82 bits per heavy atom. The van der Waals surface area contributed by atoms with Gasteiger partial charge < -0.3 is 14.6 Å². The Morgan fingerprint density at radius 3 is 2.45 bits per heavy atom. The van der Waals surface area contributed by atoms with Crippen LogP contribution in [0.2, 0.25) is 5.02 Å². The van der Waals surface area contributed by atoms with E-state index >= 15 is 0 Å². The van der Waals surface area contributed by atoms with Crippen molar-refractivity contribution in [1.82, 2.24) is 4.90 Å². The quantitative estimate of drug-likeness (QED) is 0.726. The predicted octanol–water partition coefficient (Wildman–Crippen LogP) is 2.01. The minimum atomic E-state index is -0.431. The molecule has 0 aliphatic rings. The van der Waals surface area contributed by atoms with E-state index < -0.39 is 5.63 Å². The molecule has 0 saturated carbocycles. The first-order chi connectivity index (χ1) is 10.7. The largest absolute Gasteiger partial charge is 0.421 e. The Balaban J connectivity index is 2.31. The van der Waals surface area contributed by atoms with Crippen LogP contribution in [0.1, 0.15) is 18.4 Å². The zero-order valence-electron chi connectivity index (χ0n) is 12.3. The lowest BCUT2D eigenvalue weighted by molar-refractivity contribution is 0.197. The van der Waals surface area contributed by atoms with Crippen molar-refractivity contribution in [2.45, 2.75) is 19.4 Å². The van der Waals surface area contributed by atoms with Gasteiger partial charge >= 0.3 is 5.63 Å². The molecule has 0 spiro atoms. The fraction of sp³-hybridized carbons (Fsp3) is 0.438. The molecule has 0 aliphatic heterocycles. The number of aliphatic hydroxyl groups excluding tert-OH is 2. The number of aliphatic hydroxyl groups is 2. The van der Waals surface area contributed by atoms with E-state index in [1.165, 1.54) is 6.07 Å². The molecule has 0 atom stereocenters. The summed E-state index contributed by atoms with van der Waals surface area (Å²) in [7, 11) is 0. The van der Waals surface area contributed by atoms with Gasteiger partial charge in [0.25, 0.3) is 0 Å². The van der Waals surface area contributed by atoms with Crippen molar-refractivity contribution >= 4 is 22.6 Å². The topological polar surface area (TPSA) is 73.9 Å². The second-order valence-electron chi connectivity index (χ2n) is 5.14. The van der Waals surface area contributed by atoms with Gasteiger partial charge in [-0.05, 0) is 24.5 Å². The van der Waals surface area contributed by atoms with Crippen LogP contribution in [-0.4, -0.2) is 41.4 Å². The molecule has 0 fully saturated rings. The highest BCUT2D eigenvalue weighted by molar-refractivity contribution is 6.34. The number of benzene rings is 1. The van der Waals surface area contributed by atoms with E-state index in [0.717, 1.165) is 10.9 Å². The SMILES string of the molecule is O=c1cc(CN(CCCO)CCCO)c2cccc(Cl)c2o1. The van der Waals surface area contributed by atoms with Crippen LogP contribution in [0, 0.1) is 0 Å². The van der Waals surface area contributed by atoms with Gasteiger partial charge in [-0.3, -0.25) is 4.90 Å². The van der Waals surface area contributed by atoms with E-state index in [9.17, 15) is 4.79 Å². The summed E-state index contributed by atoms with van der Waals surface area (Å²) in [4.78, 5) is 13.8. The van der Waals surface area contributed by atoms with E-state index in [1.54, 1.807) is 6.07 Å². The highest BCUT2D eigenvalue weighted by Crippen LogP contribution is 2.25. The third-order valence-corrected chi connectivity index (χ3v) is 3.76. The zero-order valence-corrected chi connectivity index (χ0v) is 13.1. The van der Waals surface area contributed by atoms with Crippen molar-refractivity contribution in [2.24, 2.45) is 0 Å². The molecule has 0 bridgehead atoms. The zero-order chi connectivity index (χ0) is 15.9. The van der Waals surface area contributed by atoms with Gasteiger partial charge in [0.1, 0.15) is 0 Å². The number of hydrogen-bond donors (Lipinski definition) is 2. The summed E-state index contributed by atoms with van der Waals surface area (Å²) < 4.78 is 5.19. The molecule has 0 amide bonds. The molecule has 120 valence electrons. The Labute approximate surface area is 133 Å². The molecule has 1 heterocycles. The molecular weight excluding hydrogens is 306 g/mol.